The van der Waals surface area contributed by atoms with E-state index in [2.05, 4.69) is 39.3 Å². The van der Waals surface area contributed by atoms with Crippen LogP contribution in [0.3, 0.4) is 0 Å². The lowest BCUT2D eigenvalue weighted by Gasteiger charge is -2.69. The first-order chi connectivity index (χ1) is 17.4. The summed E-state index contributed by atoms with van der Waals surface area (Å²) in [4.78, 5) is 5.60. The summed E-state index contributed by atoms with van der Waals surface area (Å²) in [5.41, 5.74) is 0. The van der Waals surface area contributed by atoms with Gasteiger partial charge < -0.3 is 12.4 Å². The molecular weight excluding hydrogens is 546 g/mol. The van der Waals surface area contributed by atoms with Gasteiger partial charge in [0.25, 0.3) is 0 Å². The van der Waals surface area contributed by atoms with Crippen LogP contribution in [0.4, 0.5) is 12.9 Å². The zero-order valence-corrected chi connectivity index (χ0v) is 31.5. The van der Waals surface area contributed by atoms with Gasteiger partial charge in [0.15, 0.2) is 25.2 Å². The fourth-order valence-corrected chi connectivity index (χ4v) is 31.1. The summed E-state index contributed by atoms with van der Waals surface area (Å²) in [6, 6.07) is -0.352. The van der Waals surface area contributed by atoms with Crippen LogP contribution in [0.1, 0.15) is 83.1 Å². The summed E-state index contributed by atoms with van der Waals surface area (Å²) in [6.07, 6.45) is 0. The van der Waals surface area contributed by atoms with E-state index in [-0.39, 0.29) is 36.3 Å². The van der Waals surface area contributed by atoms with Gasteiger partial charge in [0.1, 0.15) is 0 Å². The SMILES string of the molecule is CC(C)N(B(F)N1[Si](C)(C)N(B(F)N(C(C)C)C(C)C)[Si](C)(C)N(B(F)N(C(C)C)C(C)C)[Si]1(C)C)C(C)C. The van der Waals surface area contributed by atoms with Crippen molar-refractivity contribution in [2.24, 2.45) is 0 Å². The van der Waals surface area contributed by atoms with Crippen LogP contribution in [0.25, 0.3) is 0 Å². The largest absolute Gasteiger partial charge is 0.509 e. The van der Waals surface area contributed by atoms with Crippen molar-refractivity contribution in [3.8, 4) is 0 Å². The maximum absolute atomic E-state index is 17.2. The number of nitrogens with zero attached hydrogens (tertiary/aromatic N) is 6. The first-order valence-electron chi connectivity index (χ1n) is 15.0. The predicted molar refractivity (Wildman–Crippen MR) is 175 cm³/mol. The van der Waals surface area contributed by atoms with Gasteiger partial charge in [-0.05, 0) is 75.5 Å². The molecule has 6 nitrogen and oxygen atoms in total. The Hall–Kier alpha value is 0.395. The molecule has 0 bridgehead atoms. The van der Waals surface area contributed by atoms with Crippen LogP contribution in [-0.2, 0) is 0 Å². The number of hydrogen-bond acceptors (Lipinski definition) is 6. The molecule has 0 aromatic carbocycles. The molecule has 0 atom stereocenters. The van der Waals surface area contributed by atoms with Crippen molar-refractivity contribution >= 4 is 47.0 Å². The van der Waals surface area contributed by atoms with E-state index in [4.69, 9.17) is 0 Å². The summed E-state index contributed by atoms with van der Waals surface area (Å²) < 4.78 is 57.6. The van der Waals surface area contributed by atoms with Gasteiger partial charge >= 0.3 is 21.8 Å². The third-order valence-corrected chi connectivity index (χ3v) is 26.7. The van der Waals surface area contributed by atoms with E-state index in [0.29, 0.717) is 0 Å². The zero-order valence-electron chi connectivity index (χ0n) is 28.5. The highest BCUT2D eigenvalue weighted by Crippen LogP contribution is 2.43. The molecule has 0 aliphatic carbocycles. The summed E-state index contributed by atoms with van der Waals surface area (Å²) in [6.45, 7) is 36.5. The maximum atomic E-state index is 17.2. The lowest BCUT2D eigenvalue weighted by atomic mass is 9.97. The van der Waals surface area contributed by atoms with Gasteiger partial charge in [-0.25, -0.2) is 0 Å². The Morgan fingerprint density at radius 1 is 0.385 bits per heavy atom. The predicted octanol–water partition coefficient (Wildman–Crippen LogP) is 6.23. The number of hydrogen-bond donors (Lipinski definition) is 0. The highest BCUT2D eigenvalue weighted by molar-refractivity contribution is 7.14. The molecule has 15 heteroatoms. The lowest BCUT2D eigenvalue weighted by molar-refractivity contribution is 0.252. The van der Waals surface area contributed by atoms with E-state index in [1.807, 2.05) is 110 Å². The molecular formula is C24H60B3F3N6Si3. The van der Waals surface area contributed by atoms with Crippen molar-refractivity contribution in [3.63, 3.8) is 0 Å². The summed E-state index contributed by atoms with van der Waals surface area (Å²) in [7, 11) is -13.3. The van der Waals surface area contributed by atoms with Crippen molar-refractivity contribution in [3.05, 3.63) is 0 Å². The van der Waals surface area contributed by atoms with E-state index in [1.165, 1.54) is 0 Å². The minimum atomic E-state index is -3.00. The second kappa shape index (κ2) is 13.4. The molecule has 1 aliphatic heterocycles. The molecule has 1 aliphatic rings. The third-order valence-electron chi connectivity index (χ3n) is 8.49. The van der Waals surface area contributed by atoms with Crippen LogP contribution in [0, 0.1) is 0 Å². The molecule has 39 heavy (non-hydrogen) atoms. The number of halogens is 3. The summed E-state index contributed by atoms with van der Waals surface area (Å²) in [5, 5.41) is 0. The molecule has 0 spiro atoms. The summed E-state index contributed by atoms with van der Waals surface area (Å²) in [5.74, 6) is 0. The van der Waals surface area contributed by atoms with E-state index < -0.39 is 47.0 Å². The van der Waals surface area contributed by atoms with Crippen LogP contribution >= 0.6 is 0 Å². The van der Waals surface area contributed by atoms with E-state index in [9.17, 15) is 0 Å². The van der Waals surface area contributed by atoms with Crippen molar-refractivity contribution in [1.82, 2.24) is 26.9 Å². The molecule has 1 rings (SSSR count). The summed E-state index contributed by atoms with van der Waals surface area (Å²) >= 11 is 0. The maximum Gasteiger partial charge on any atom is 0.509 e. The monoisotopic (exact) mass is 606 g/mol. The minimum Gasteiger partial charge on any atom is -0.320 e. The molecule has 1 fully saturated rings. The van der Waals surface area contributed by atoms with E-state index in [1.54, 1.807) is 0 Å². The van der Waals surface area contributed by atoms with Crippen LogP contribution in [-0.4, -0.2) is 110 Å². The molecule has 0 unspecified atom stereocenters. The average molecular weight is 606 g/mol. The molecule has 1 heterocycles. The number of rotatable bonds is 12. The Balaban J connectivity index is 4.10. The quantitative estimate of drug-likeness (QED) is 0.244. The second-order valence-electron chi connectivity index (χ2n) is 14.4. The van der Waals surface area contributed by atoms with Gasteiger partial charge in [-0.15, -0.1) is 0 Å². The lowest BCUT2D eigenvalue weighted by Crippen LogP contribution is -2.96. The van der Waals surface area contributed by atoms with Gasteiger partial charge in [0.05, 0.1) is 0 Å². The Morgan fingerprint density at radius 3 is 0.615 bits per heavy atom. The third kappa shape index (κ3) is 7.14. The topological polar surface area (TPSA) is 19.4 Å². The smallest absolute Gasteiger partial charge is 0.320 e. The molecule has 1 saturated heterocycles. The van der Waals surface area contributed by atoms with Crippen molar-refractivity contribution in [1.29, 1.82) is 0 Å². The molecule has 0 N–H and O–H groups in total. The van der Waals surface area contributed by atoms with Crippen LogP contribution < -0.4 is 0 Å². The minimum absolute atomic E-state index is 0.0586. The van der Waals surface area contributed by atoms with E-state index >= 15 is 12.9 Å². The zero-order chi connectivity index (χ0) is 31.2. The second-order valence-corrected chi connectivity index (χ2v) is 27.6. The fraction of sp³-hybridized carbons (Fsp3) is 1.00. The molecule has 0 aromatic heterocycles. The molecule has 0 saturated carbocycles. The first-order valence-corrected chi connectivity index (χ1v) is 23.7. The molecule has 0 radical (unpaired) electrons. The van der Waals surface area contributed by atoms with Crippen LogP contribution in [0.15, 0.2) is 0 Å². The van der Waals surface area contributed by atoms with Crippen LogP contribution in [0.2, 0.25) is 39.3 Å². The Bertz CT molecular complexity index is 654. The standard InChI is InChI=1S/C24H60B3F3N6Si3/c1-19(2)31(20(3)4)25(28)34-37(13,14)35(26(29)32(21(5)6)22(7)8)39(17,18)36(38(34,15)16)27(30)33(23(9)10)24(11)12/h19-24H,1-18H3. The van der Waals surface area contributed by atoms with Gasteiger partial charge in [0.2, 0.25) is 0 Å². The van der Waals surface area contributed by atoms with Gasteiger partial charge in [-0.3, -0.25) is 27.4 Å². The average Bonchev–Trinajstić information content (AvgIpc) is 2.63. The van der Waals surface area contributed by atoms with E-state index in [0.717, 1.165) is 0 Å². The van der Waals surface area contributed by atoms with Crippen molar-refractivity contribution < 1.29 is 12.9 Å². The van der Waals surface area contributed by atoms with Gasteiger partial charge in [-0.2, -0.15) is 0 Å². The Kier molecular flexibility index (Phi) is 12.8. The van der Waals surface area contributed by atoms with Crippen LogP contribution in [0.5, 0.6) is 0 Å². The van der Waals surface area contributed by atoms with Gasteiger partial charge in [0, 0.05) is 0 Å². The molecule has 0 aromatic rings. The highest BCUT2D eigenvalue weighted by Gasteiger charge is 2.70. The Morgan fingerprint density at radius 2 is 0.513 bits per heavy atom. The fourth-order valence-electron chi connectivity index (χ4n) is 7.59. The highest BCUT2D eigenvalue weighted by atomic mass is 28.5. The normalized spacial score (nSPS) is 20.8. The van der Waals surface area contributed by atoms with Crippen molar-refractivity contribution in [2.75, 3.05) is 0 Å². The van der Waals surface area contributed by atoms with Gasteiger partial charge in [-0.1, -0.05) is 83.1 Å². The molecule has 228 valence electrons. The molecule has 0 amide bonds. The first kappa shape index (κ1) is 37.4. The Labute approximate surface area is 245 Å². The van der Waals surface area contributed by atoms with Crippen molar-refractivity contribution in [2.45, 2.75) is 159 Å².